The molecular weight excluding hydrogens is 432 g/mol. The predicted molar refractivity (Wildman–Crippen MR) is 126 cm³/mol. The van der Waals surface area contributed by atoms with Crippen molar-refractivity contribution in [3.63, 3.8) is 0 Å². The summed E-state index contributed by atoms with van der Waals surface area (Å²) in [6.07, 6.45) is 1.77. The van der Waals surface area contributed by atoms with Gasteiger partial charge in [-0.3, -0.25) is 9.20 Å². The highest BCUT2D eigenvalue weighted by Crippen LogP contribution is 2.32. The van der Waals surface area contributed by atoms with E-state index in [9.17, 15) is 4.79 Å². The molecule has 0 amide bonds. The van der Waals surface area contributed by atoms with E-state index < -0.39 is 0 Å². The van der Waals surface area contributed by atoms with Gasteiger partial charge in [0.2, 0.25) is 0 Å². The van der Waals surface area contributed by atoms with Gasteiger partial charge < -0.3 is 0 Å². The Kier molecular flexibility index (Phi) is 6.55. The zero-order chi connectivity index (χ0) is 21.1. The third-order valence-electron chi connectivity index (χ3n) is 4.62. The van der Waals surface area contributed by atoms with E-state index in [2.05, 4.69) is 53.3 Å². The Morgan fingerprint density at radius 3 is 2.40 bits per heavy atom. The number of hydrogen-bond acceptors (Lipinski definition) is 7. The van der Waals surface area contributed by atoms with Crippen LogP contribution in [0.1, 0.15) is 42.1 Å². The molecule has 0 aliphatic carbocycles. The number of nitrogens with zero attached hydrogens (tertiary/aromatic N) is 4. The first kappa shape index (κ1) is 21.1. The standard InChI is InChI=1S/C22H22N4OS3/c1-14(2)17-6-4-16(5-7-17)12-28-21-24-25-22(30-21)29-13-18-11-20(27)26-9-8-15(3)10-19(26)23-18/h4-11,14H,12-13H2,1-3H3. The summed E-state index contributed by atoms with van der Waals surface area (Å²) in [5.41, 5.74) is 5.09. The first-order valence-electron chi connectivity index (χ1n) is 9.65. The average molecular weight is 455 g/mol. The molecule has 3 heterocycles. The summed E-state index contributed by atoms with van der Waals surface area (Å²) in [4.78, 5) is 16.9. The van der Waals surface area contributed by atoms with E-state index in [0.29, 0.717) is 17.3 Å². The fourth-order valence-corrected chi connectivity index (χ4v) is 5.79. The smallest absolute Gasteiger partial charge is 0.258 e. The molecule has 30 heavy (non-hydrogen) atoms. The Bertz CT molecular complexity index is 1220. The third kappa shape index (κ3) is 5.11. The van der Waals surface area contributed by atoms with Crippen LogP contribution in [-0.4, -0.2) is 19.6 Å². The maximum absolute atomic E-state index is 12.3. The van der Waals surface area contributed by atoms with Gasteiger partial charge in [-0.1, -0.05) is 73.0 Å². The Hall–Kier alpha value is -2.16. The van der Waals surface area contributed by atoms with E-state index in [1.54, 1.807) is 51.5 Å². The molecule has 4 aromatic rings. The number of rotatable bonds is 7. The van der Waals surface area contributed by atoms with E-state index >= 15 is 0 Å². The molecule has 4 rings (SSSR count). The van der Waals surface area contributed by atoms with Crippen LogP contribution in [0.4, 0.5) is 0 Å². The molecule has 0 aliphatic heterocycles. The minimum atomic E-state index is -0.0624. The first-order valence-corrected chi connectivity index (χ1v) is 12.4. The van der Waals surface area contributed by atoms with Crippen LogP contribution < -0.4 is 5.56 Å². The number of fused-ring (bicyclic) bond motifs is 1. The second-order valence-electron chi connectivity index (χ2n) is 7.33. The Morgan fingerprint density at radius 2 is 1.70 bits per heavy atom. The maximum atomic E-state index is 12.3. The highest BCUT2D eigenvalue weighted by atomic mass is 32.2. The van der Waals surface area contributed by atoms with Crippen molar-refractivity contribution in [2.75, 3.05) is 0 Å². The minimum absolute atomic E-state index is 0.0624. The van der Waals surface area contributed by atoms with Gasteiger partial charge in [0.25, 0.3) is 5.56 Å². The summed E-state index contributed by atoms with van der Waals surface area (Å²) >= 11 is 4.84. The molecule has 0 spiro atoms. The zero-order valence-electron chi connectivity index (χ0n) is 17.0. The van der Waals surface area contributed by atoms with Crippen LogP contribution in [0.2, 0.25) is 0 Å². The molecule has 0 atom stereocenters. The van der Waals surface area contributed by atoms with Crippen molar-refractivity contribution in [2.24, 2.45) is 0 Å². The molecule has 0 radical (unpaired) electrons. The summed E-state index contributed by atoms with van der Waals surface area (Å²) < 4.78 is 3.40. The van der Waals surface area contributed by atoms with Crippen molar-refractivity contribution in [3.8, 4) is 0 Å². The molecule has 5 nitrogen and oxygen atoms in total. The highest BCUT2D eigenvalue weighted by molar-refractivity contribution is 8.02. The van der Waals surface area contributed by atoms with E-state index in [1.165, 1.54) is 11.1 Å². The van der Waals surface area contributed by atoms with Crippen LogP contribution in [0.5, 0.6) is 0 Å². The van der Waals surface area contributed by atoms with Gasteiger partial charge in [-0.15, -0.1) is 10.2 Å². The van der Waals surface area contributed by atoms with Gasteiger partial charge in [-0.25, -0.2) is 4.98 Å². The van der Waals surface area contributed by atoms with E-state index in [-0.39, 0.29) is 5.56 Å². The molecule has 0 fully saturated rings. The summed E-state index contributed by atoms with van der Waals surface area (Å²) in [7, 11) is 0. The minimum Gasteiger partial charge on any atom is -0.269 e. The molecule has 0 unspecified atom stereocenters. The van der Waals surface area contributed by atoms with Crippen molar-refractivity contribution in [3.05, 3.63) is 81.4 Å². The molecule has 3 aromatic heterocycles. The van der Waals surface area contributed by atoms with Gasteiger partial charge in [-0.05, 0) is 41.7 Å². The summed E-state index contributed by atoms with van der Waals surface area (Å²) in [5, 5.41) is 8.57. The van der Waals surface area contributed by atoms with E-state index in [0.717, 1.165) is 25.7 Å². The largest absolute Gasteiger partial charge is 0.269 e. The zero-order valence-corrected chi connectivity index (χ0v) is 19.5. The average Bonchev–Trinajstić information content (AvgIpc) is 3.18. The van der Waals surface area contributed by atoms with Crippen molar-refractivity contribution >= 4 is 40.5 Å². The van der Waals surface area contributed by atoms with E-state index in [4.69, 9.17) is 0 Å². The van der Waals surface area contributed by atoms with Crippen LogP contribution in [0.3, 0.4) is 0 Å². The summed E-state index contributed by atoms with van der Waals surface area (Å²) in [6.45, 7) is 6.40. The number of benzene rings is 1. The second-order valence-corrected chi connectivity index (χ2v) is 10.7. The number of hydrogen-bond donors (Lipinski definition) is 0. The molecule has 0 saturated carbocycles. The van der Waals surface area contributed by atoms with Crippen LogP contribution in [0.15, 0.2) is 62.1 Å². The van der Waals surface area contributed by atoms with E-state index in [1.807, 2.05) is 19.1 Å². The van der Waals surface area contributed by atoms with Crippen molar-refractivity contribution in [1.29, 1.82) is 0 Å². The monoisotopic (exact) mass is 454 g/mol. The molecule has 0 aliphatic rings. The van der Waals surface area contributed by atoms with Gasteiger partial charge in [-0.2, -0.15) is 0 Å². The van der Waals surface area contributed by atoms with Crippen LogP contribution in [-0.2, 0) is 11.5 Å². The van der Waals surface area contributed by atoms with Crippen LogP contribution in [0.25, 0.3) is 5.65 Å². The van der Waals surface area contributed by atoms with Gasteiger partial charge >= 0.3 is 0 Å². The fraction of sp³-hybridized carbons (Fsp3) is 0.273. The fourth-order valence-electron chi connectivity index (χ4n) is 2.92. The number of aryl methyl sites for hydroxylation is 1. The lowest BCUT2D eigenvalue weighted by Gasteiger charge is -2.06. The van der Waals surface area contributed by atoms with Gasteiger partial charge in [0.15, 0.2) is 8.68 Å². The quantitative estimate of drug-likeness (QED) is 0.341. The van der Waals surface area contributed by atoms with Gasteiger partial charge in [0.05, 0.1) is 5.69 Å². The normalized spacial score (nSPS) is 11.5. The maximum Gasteiger partial charge on any atom is 0.258 e. The Labute approximate surface area is 188 Å². The summed E-state index contributed by atoms with van der Waals surface area (Å²) in [6, 6.07) is 14.2. The highest BCUT2D eigenvalue weighted by Gasteiger charge is 2.09. The summed E-state index contributed by atoms with van der Waals surface area (Å²) in [5.74, 6) is 2.02. The lowest BCUT2D eigenvalue weighted by atomic mass is 10.0. The van der Waals surface area contributed by atoms with Gasteiger partial charge in [0.1, 0.15) is 5.65 Å². The lowest BCUT2D eigenvalue weighted by molar-refractivity contribution is 0.866. The molecule has 0 saturated heterocycles. The molecule has 0 N–H and O–H groups in total. The Morgan fingerprint density at radius 1 is 1.00 bits per heavy atom. The molecule has 8 heteroatoms. The number of thioether (sulfide) groups is 2. The topological polar surface area (TPSA) is 60.2 Å². The number of pyridine rings is 1. The predicted octanol–water partition coefficient (Wildman–Crippen LogP) is 5.56. The van der Waals surface area contributed by atoms with Gasteiger partial charge in [0, 0.05) is 23.8 Å². The Balaban J connectivity index is 1.36. The lowest BCUT2D eigenvalue weighted by Crippen LogP contribution is -2.15. The first-order chi connectivity index (χ1) is 14.5. The molecule has 1 aromatic carbocycles. The van der Waals surface area contributed by atoms with Crippen LogP contribution >= 0.6 is 34.9 Å². The van der Waals surface area contributed by atoms with Crippen molar-refractivity contribution < 1.29 is 0 Å². The van der Waals surface area contributed by atoms with Crippen molar-refractivity contribution in [1.82, 2.24) is 19.6 Å². The van der Waals surface area contributed by atoms with Crippen molar-refractivity contribution in [2.45, 2.75) is 46.9 Å². The molecular formula is C22H22N4OS3. The molecule has 154 valence electrons. The van der Waals surface area contributed by atoms with Crippen LogP contribution in [0, 0.1) is 6.92 Å². The molecule has 0 bridgehead atoms. The number of aromatic nitrogens is 4. The third-order valence-corrected chi connectivity index (χ3v) is 7.91. The SMILES string of the molecule is Cc1ccn2c(=O)cc(CSc3nnc(SCc4ccc(C(C)C)cc4)s3)nc2c1. The second kappa shape index (κ2) is 9.32.